The summed E-state index contributed by atoms with van der Waals surface area (Å²) in [6.07, 6.45) is 1.69. The third kappa shape index (κ3) is 4.39. The normalized spacial score (nSPS) is 30.2. The van der Waals surface area contributed by atoms with Crippen LogP contribution in [-0.4, -0.2) is 51.7 Å². The van der Waals surface area contributed by atoms with Gasteiger partial charge in [0.25, 0.3) is 0 Å². The highest BCUT2D eigenvalue weighted by Crippen LogP contribution is 2.62. The summed E-state index contributed by atoms with van der Waals surface area (Å²) >= 11 is 1.44. The van der Waals surface area contributed by atoms with Gasteiger partial charge in [0.1, 0.15) is 0 Å². The standard InChI is InChI=1S/C26H35N3O4S/c1-16(31)27-24-28-23-18(12-22(33)29(4)14-17-8-6-5-7-9-17)25(2)11-10-21(32)26(3,15-30)20(25)13-19(23)34-24/h5-9,18,20-21,30,32H,10-15H2,1-4H3,(H,27,28,31). The second kappa shape index (κ2) is 9.40. The van der Waals surface area contributed by atoms with Crippen LogP contribution < -0.4 is 5.32 Å². The Morgan fingerprint density at radius 2 is 1.97 bits per heavy atom. The first-order valence-corrected chi connectivity index (χ1v) is 12.7. The van der Waals surface area contributed by atoms with Crippen LogP contribution in [0.5, 0.6) is 0 Å². The first-order chi connectivity index (χ1) is 16.1. The van der Waals surface area contributed by atoms with Crippen LogP contribution in [0, 0.1) is 16.7 Å². The van der Waals surface area contributed by atoms with E-state index in [-0.39, 0.29) is 35.7 Å². The van der Waals surface area contributed by atoms with Gasteiger partial charge in [-0.15, -0.1) is 11.3 Å². The van der Waals surface area contributed by atoms with Gasteiger partial charge >= 0.3 is 0 Å². The molecule has 5 atom stereocenters. The lowest BCUT2D eigenvalue weighted by atomic mass is 9.47. The Morgan fingerprint density at radius 3 is 2.62 bits per heavy atom. The van der Waals surface area contributed by atoms with E-state index >= 15 is 0 Å². The Morgan fingerprint density at radius 1 is 1.26 bits per heavy atom. The average molecular weight is 486 g/mol. The van der Waals surface area contributed by atoms with Crippen molar-refractivity contribution in [2.24, 2.45) is 16.7 Å². The van der Waals surface area contributed by atoms with Crippen molar-refractivity contribution in [2.75, 3.05) is 19.0 Å². The van der Waals surface area contributed by atoms with Gasteiger partial charge in [-0.25, -0.2) is 4.98 Å². The molecule has 1 aromatic carbocycles. The van der Waals surface area contributed by atoms with E-state index in [2.05, 4.69) is 12.2 Å². The van der Waals surface area contributed by atoms with Crippen LogP contribution in [0.3, 0.4) is 0 Å². The van der Waals surface area contributed by atoms with E-state index in [1.54, 1.807) is 4.90 Å². The maximum atomic E-state index is 13.5. The van der Waals surface area contributed by atoms with Gasteiger partial charge in [0.2, 0.25) is 11.8 Å². The predicted octanol–water partition coefficient (Wildman–Crippen LogP) is 3.57. The summed E-state index contributed by atoms with van der Waals surface area (Å²) in [5, 5.41) is 24.6. The van der Waals surface area contributed by atoms with Crippen LogP contribution in [0.4, 0.5) is 5.13 Å². The van der Waals surface area contributed by atoms with E-state index in [1.807, 2.05) is 44.3 Å². The molecule has 0 bridgehead atoms. The lowest BCUT2D eigenvalue weighted by molar-refractivity contribution is -0.147. The third-order valence-corrected chi connectivity index (χ3v) is 9.25. The number of carbonyl (C=O) groups excluding carboxylic acids is 2. The minimum absolute atomic E-state index is 0.0101. The monoisotopic (exact) mass is 485 g/mol. The average Bonchev–Trinajstić information content (AvgIpc) is 3.19. The summed E-state index contributed by atoms with van der Waals surface area (Å²) in [6.45, 7) is 6.02. The molecule has 0 saturated heterocycles. The fourth-order valence-corrected chi connectivity index (χ4v) is 7.24. The number of nitrogens with one attached hydrogen (secondary N) is 1. The molecule has 8 heteroatoms. The fourth-order valence-electron chi connectivity index (χ4n) is 6.13. The number of anilines is 1. The van der Waals surface area contributed by atoms with Crippen molar-refractivity contribution in [3.05, 3.63) is 46.5 Å². The van der Waals surface area contributed by atoms with Gasteiger partial charge in [0.05, 0.1) is 18.4 Å². The van der Waals surface area contributed by atoms with Crippen LogP contribution in [0.15, 0.2) is 30.3 Å². The van der Waals surface area contributed by atoms with Crippen molar-refractivity contribution in [1.82, 2.24) is 9.88 Å². The lowest BCUT2D eigenvalue weighted by Gasteiger charge is -2.58. The molecular formula is C26H35N3O4S. The first kappa shape index (κ1) is 24.8. The number of carbonyl (C=O) groups is 2. The molecule has 7 nitrogen and oxygen atoms in total. The minimum atomic E-state index is -0.667. The van der Waals surface area contributed by atoms with E-state index in [0.29, 0.717) is 30.9 Å². The molecule has 2 aromatic rings. The third-order valence-electron chi connectivity index (χ3n) is 8.24. The van der Waals surface area contributed by atoms with E-state index in [0.717, 1.165) is 22.6 Å². The minimum Gasteiger partial charge on any atom is -0.396 e. The lowest BCUT2D eigenvalue weighted by Crippen LogP contribution is -2.57. The van der Waals surface area contributed by atoms with E-state index in [4.69, 9.17) is 4.98 Å². The SMILES string of the molecule is CC(=O)Nc1nc2c(s1)CC1C(C)(CO)C(O)CCC1(C)C2CC(=O)N(C)Cc1ccccc1. The largest absolute Gasteiger partial charge is 0.396 e. The highest BCUT2D eigenvalue weighted by atomic mass is 32.1. The summed E-state index contributed by atoms with van der Waals surface area (Å²) in [5.74, 6) is -0.318. The number of aliphatic hydroxyl groups excluding tert-OH is 2. The van der Waals surface area contributed by atoms with Crippen molar-refractivity contribution >= 4 is 28.3 Å². The van der Waals surface area contributed by atoms with Gasteiger partial charge in [0, 0.05) is 43.1 Å². The van der Waals surface area contributed by atoms with Crippen LogP contribution in [-0.2, 0) is 22.6 Å². The van der Waals surface area contributed by atoms with Crippen LogP contribution in [0.1, 0.15) is 62.1 Å². The number of thiazole rings is 1. The second-order valence-corrected chi connectivity index (χ2v) is 11.6. The van der Waals surface area contributed by atoms with Gasteiger partial charge in [0.15, 0.2) is 5.13 Å². The van der Waals surface area contributed by atoms with Gasteiger partial charge in [-0.1, -0.05) is 44.2 Å². The maximum Gasteiger partial charge on any atom is 0.223 e. The summed E-state index contributed by atoms with van der Waals surface area (Å²) in [7, 11) is 1.82. The fraction of sp³-hybridized carbons (Fsp3) is 0.577. The Balaban J connectivity index is 1.69. The number of rotatable bonds is 6. The topological polar surface area (TPSA) is 103 Å². The van der Waals surface area contributed by atoms with E-state index in [1.165, 1.54) is 18.3 Å². The van der Waals surface area contributed by atoms with Gasteiger partial charge in [-0.3, -0.25) is 9.59 Å². The molecule has 1 heterocycles. The second-order valence-electron chi connectivity index (χ2n) is 10.5. The van der Waals surface area contributed by atoms with Crippen molar-refractivity contribution in [2.45, 2.75) is 65.0 Å². The number of benzene rings is 1. The van der Waals surface area contributed by atoms with Crippen molar-refractivity contribution in [3.63, 3.8) is 0 Å². The molecule has 0 spiro atoms. The molecule has 3 N–H and O–H groups in total. The highest BCUT2D eigenvalue weighted by molar-refractivity contribution is 7.15. The predicted molar refractivity (Wildman–Crippen MR) is 132 cm³/mol. The van der Waals surface area contributed by atoms with Gasteiger partial charge in [-0.2, -0.15) is 0 Å². The van der Waals surface area contributed by atoms with Crippen LogP contribution in [0.2, 0.25) is 0 Å². The van der Waals surface area contributed by atoms with Crippen LogP contribution in [0.25, 0.3) is 0 Å². The Hall–Kier alpha value is -2.29. The number of aliphatic hydroxyl groups is 2. The van der Waals surface area contributed by atoms with Gasteiger partial charge < -0.3 is 20.4 Å². The van der Waals surface area contributed by atoms with Crippen molar-refractivity contribution in [3.8, 4) is 0 Å². The van der Waals surface area contributed by atoms with Crippen molar-refractivity contribution in [1.29, 1.82) is 0 Å². The molecule has 1 aromatic heterocycles. The number of hydrogen-bond donors (Lipinski definition) is 3. The molecule has 34 heavy (non-hydrogen) atoms. The highest BCUT2D eigenvalue weighted by Gasteiger charge is 2.59. The zero-order chi connectivity index (χ0) is 24.7. The zero-order valence-electron chi connectivity index (χ0n) is 20.4. The molecule has 2 aliphatic rings. The molecule has 1 saturated carbocycles. The molecular weight excluding hydrogens is 450 g/mol. The van der Waals surface area contributed by atoms with Crippen molar-refractivity contribution < 1.29 is 19.8 Å². The van der Waals surface area contributed by atoms with E-state index < -0.39 is 11.5 Å². The molecule has 1 fully saturated rings. The first-order valence-electron chi connectivity index (χ1n) is 11.9. The zero-order valence-corrected chi connectivity index (χ0v) is 21.2. The number of amides is 2. The maximum absolute atomic E-state index is 13.5. The molecule has 2 amide bonds. The number of hydrogen-bond acceptors (Lipinski definition) is 6. The smallest absolute Gasteiger partial charge is 0.223 e. The Labute approximate surface area is 205 Å². The summed E-state index contributed by atoms with van der Waals surface area (Å²) in [4.78, 5) is 32.7. The Bertz CT molecular complexity index is 1060. The van der Waals surface area contributed by atoms with E-state index in [9.17, 15) is 19.8 Å². The van der Waals surface area contributed by atoms with Crippen LogP contribution >= 0.6 is 11.3 Å². The summed E-state index contributed by atoms with van der Waals surface area (Å²) in [5.41, 5.74) is 0.974. The quantitative estimate of drug-likeness (QED) is 0.581. The molecule has 0 aliphatic heterocycles. The summed E-state index contributed by atoms with van der Waals surface area (Å²) < 4.78 is 0. The number of fused-ring (bicyclic) bond motifs is 2. The molecule has 5 unspecified atom stereocenters. The molecule has 4 rings (SSSR count). The Kier molecular flexibility index (Phi) is 6.86. The molecule has 184 valence electrons. The van der Waals surface area contributed by atoms with Gasteiger partial charge in [-0.05, 0) is 36.2 Å². The summed E-state index contributed by atoms with van der Waals surface area (Å²) in [6, 6.07) is 9.91. The number of aromatic nitrogens is 1. The molecule has 2 aliphatic carbocycles. The number of nitrogens with zero attached hydrogens (tertiary/aromatic N) is 2. The molecule has 0 radical (unpaired) electrons.